The first kappa shape index (κ1) is 15.5. The van der Waals surface area contributed by atoms with Crippen LogP contribution in [0, 0.1) is 12.7 Å². The van der Waals surface area contributed by atoms with E-state index < -0.39 is 0 Å². The lowest BCUT2D eigenvalue weighted by molar-refractivity contribution is 0.306. The fourth-order valence-electron chi connectivity index (χ4n) is 3.04. The van der Waals surface area contributed by atoms with Crippen molar-refractivity contribution in [3.63, 3.8) is 0 Å². The normalized spacial score (nSPS) is 11.0. The van der Waals surface area contributed by atoms with E-state index in [0.29, 0.717) is 6.61 Å². The van der Waals surface area contributed by atoms with E-state index in [1.54, 1.807) is 12.1 Å². The van der Waals surface area contributed by atoms with Crippen LogP contribution in [0.4, 0.5) is 4.39 Å². The second-order valence-corrected chi connectivity index (χ2v) is 6.11. The third-order valence-electron chi connectivity index (χ3n) is 4.41. The largest absolute Gasteiger partial charge is 0.489 e. The number of aryl methyl sites for hydroxylation is 1. The van der Waals surface area contributed by atoms with Crippen molar-refractivity contribution in [2.24, 2.45) is 0 Å². The lowest BCUT2D eigenvalue weighted by Gasteiger charge is -2.06. The van der Waals surface area contributed by atoms with E-state index in [1.807, 2.05) is 42.5 Å². The van der Waals surface area contributed by atoms with Crippen LogP contribution in [0.3, 0.4) is 0 Å². The molecule has 0 saturated carbocycles. The van der Waals surface area contributed by atoms with Crippen molar-refractivity contribution in [2.75, 3.05) is 0 Å². The molecule has 0 aliphatic heterocycles. The van der Waals surface area contributed by atoms with Crippen LogP contribution in [-0.4, -0.2) is 4.98 Å². The lowest BCUT2D eigenvalue weighted by Crippen LogP contribution is -1.94. The van der Waals surface area contributed by atoms with E-state index in [0.717, 1.165) is 39.0 Å². The van der Waals surface area contributed by atoms with Gasteiger partial charge in [-0.05, 0) is 66.1 Å². The van der Waals surface area contributed by atoms with Crippen LogP contribution < -0.4 is 4.74 Å². The molecular weight excluding hydrogens is 313 g/mol. The zero-order valence-corrected chi connectivity index (χ0v) is 13.9. The van der Waals surface area contributed by atoms with Gasteiger partial charge in [-0.3, -0.25) is 0 Å². The van der Waals surface area contributed by atoms with Crippen molar-refractivity contribution < 1.29 is 9.13 Å². The lowest BCUT2D eigenvalue weighted by atomic mass is 10.1. The summed E-state index contributed by atoms with van der Waals surface area (Å²) in [7, 11) is 0. The third-order valence-corrected chi connectivity index (χ3v) is 4.41. The minimum Gasteiger partial charge on any atom is -0.489 e. The van der Waals surface area contributed by atoms with Crippen LogP contribution in [0.15, 0.2) is 72.8 Å². The Hall–Kier alpha value is -3.07. The molecule has 4 rings (SSSR count). The van der Waals surface area contributed by atoms with Gasteiger partial charge in [0.15, 0.2) is 0 Å². The van der Waals surface area contributed by atoms with Crippen LogP contribution in [0.2, 0.25) is 0 Å². The molecule has 0 aliphatic rings. The van der Waals surface area contributed by atoms with E-state index in [4.69, 9.17) is 4.74 Å². The molecule has 1 N–H and O–H groups in total. The Morgan fingerprint density at radius 2 is 1.68 bits per heavy atom. The molecule has 0 radical (unpaired) electrons. The topological polar surface area (TPSA) is 25.0 Å². The Bertz CT molecular complexity index is 1000. The Balaban J connectivity index is 1.64. The van der Waals surface area contributed by atoms with Gasteiger partial charge in [0, 0.05) is 16.6 Å². The van der Waals surface area contributed by atoms with Gasteiger partial charge in [-0.15, -0.1) is 0 Å². The molecule has 0 bridgehead atoms. The minimum atomic E-state index is -0.228. The van der Waals surface area contributed by atoms with Crippen LogP contribution >= 0.6 is 0 Å². The number of fused-ring (bicyclic) bond motifs is 1. The number of aromatic amines is 1. The number of aromatic nitrogens is 1. The summed E-state index contributed by atoms with van der Waals surface area (Å²) >= 11 is 0. The average molecular weight is 331 g/mol. The van der Waals surface area contributed by atoms with Gasteiger partial charge in [-0.25, -0.2) is 4.39 Å². The van der Waals surface area contributed by atoms with Crippen molar-refractivity contribution in [3.8, 4) is 17.0 Å². The molecule has 0 amide bonds. The summed E-state index contributed by atoms with van der Waals surface area (Å²) in [6.07, 6.45) is 0. The summed E-state index contributed by atoms with van der Waals surface area (Å²) in [4.78, 5) is 3.42. The van der Waals surface area contributed by atoms with E-state index in [2.05, 4.69) is 18.0 Å². The Morgan fingerprint density at radius 3 is 2.44 bits per heavy atom. The van der Waals surface area contributed by atoms with Gasteiger partial charge in [0.1, 0.15) is 18.2 Å². The quantitative estimate of drug-likeness (QED) is 0.497. The van der Waals surface area contributed by atoms with E-state index in [-0.39, 0.29) is 5.82 Å². The molecule has 0 fully saturated rings. The van der Waals surface area contributed by atoms with Crippen molar-refractivity contribution in [2.45, 2.75) is 13.5 Å². The Kier molecular flexibility index (Phi) is 3.98. The highest BCUT2D eigenvalue weighted by Gasteiger charge is 2.10. The Labute approximate surface area is 145 Å². The van der Waals surface area contributed by atoms with Gasteiger partial charge in [-0.2, -0.15) is 0 Å². The van der Waals surface area contributed by atoms with Gasteiger partial charge in [0.05, 0.1) is 0 Å². The van der Waals surface area contributed by atoms with Gasteiger partial charge in [-0.1, -0.05) is 30.3 Å². The zero-order valence-electron chi connectivity index (χ0n) is 13.9. The average Bonchev–Trinajstić information content (AvgIpc) is 2.98. The predicted molar refractivity (Wildman–Crippen MR) is 99.2 cm³/mol. The fourth-order valence-corrected chi connectivity index (χ4v) is 3.04. The van der Waals surface area contributed by atoms with E-state index >= 15 is 0 Å². The maximum Gasteiger partial charge on any atom is 0.123 e. The van der Waals surface area contributed by atoms with Gasteiger partial charge >= 0.3 is 0 Å². The second-order valence-electron chi connectivity index (χ2n) is 6.11. The molecule has 1 heterocycles. The summed E-state index contributed by atoms with van der Waals surface area (Å²) in [5.41, 5.74) is 5.30. The minimum absolute atomic E-state index is 0.228. The van der Waals surface area contributed by atoms with Gasteiger partial charge < -0.3 is 9.72 Å². The standard InChI is InChI=1S/C22H18FNO/c1-15-20-13-19(25-14-16-5-3-2-4-6-16)11-12-21(20)24-22(15)17-7-9-18(23)10-8-17/h2-13,24H,14H2,1H3. The van der Waals surface area contributed by atoms with Crippen molar-refractivity contribution in [3.05, 3.63) is 89.7 Å². The number of nitrogens with one attached hydrogen (secondary N) is 1. The Morgan fingerprint density at radius 1 is 0.920 bits per heavy atom. The molecule has 0 unspecified atom stereocenters. The number of hydrogen-bond donors (Lipinski definition) is 1. The van der Waals surface area contributed by atoms with Crippen molar-refractivity contribution in [1.29, 1.82) is 0 Å². The highest BCUT2D eigenvalue weighted by molar-refractivity contribution is 5.91. The number of rotatable bonds is 4. The molecule has 2 nitrogen and oxygen atoms in total. The summed E-state index contributed by atoms with van der Waals surface area (Å²) in [5.74, 6) is 0.609. The molecule has 0 atom stereocenters. The number of ether oxygens (including phenoxy) is 1. The summed E-state index contributed by atoms with van der Waals surface area (Å²) in [6.45, 7) is 2.61. The van der Waals surface area contributed by atoms with Crippen LogP contribution in [0.5, 0.6) is 5.75 Å². The zero-order chi connectivity index (χ0) is 17.2. The number of benzene rings is 3. The molecule has 124 valence electrons. The molecule has 0 spiro atoms. The molecule has 4 aromatic rings. The number of hydrogen-bond acceptors (Lipinski definition) is 1. The first-order valence-electron chi connectivity index (χ1n) is 8.26. The summed E-state index contributed by atoms with van der Waals surface area (Å²) in [6, 6.07) is 22.7. The first-order valence-corrected chi connectivity index (χ1v) is 8.26. The monoisotopic (exact) mass is 331 g/mol. The van der Waals surface area contributed by atoms with Crippen LogP contribution in [0.25, 0.3) is 22.2 Å². The van der Waals surface area contributed by atoms with Gasteiger partial charge in [0.2, 0.25) is 0 Å². The number of H-pyrrole nitrogens is 1. The molecule has 0 aliphatic carbocycles. The molecular formula is C22H18FNO. The first-order chi connectivity index (χ1) is 12.2. The van der Waals surface area contributed by atoms with Crippen molar-refractivity contribution >= 4 is 10.9 Å². The van der Waals surface area contributed by atoms with Crippen molar-refractivity contribution in [1.82, 2.24) is 4.98 Å². The maximum absolute atomic E-state index is 13.2. The maximum atomic E-state index is 13.2. The summed E-state index contributed by atoms with van der Waals surface area (Å²) in [5, 5.41) is 1.12. The van der Waals surface area contributed by atoms with E-state index in [9.17, 15) is 4.39 Å². The van der Waals surface area contributed by atoms with Crippen LogP contribution in [0.1, 0.15) is 11.1 Å². The van der Waals surface area contributed by atoms with Gasteiger partial charge in [0.25, 0.3) is 0 Å². The molecule has 25 heavy (non-hydrogen) atoms. The molecule has 3 aromatic carbocycles. The summed E-state index contributed by atoms with van der Waals surface area (Å²) < 4.78 is 19.1. The molecule has 1 aromatic heterocycles. The highest BCUT2D eigenvalue weighted by Crippen LogP contribution is 2.32. The smallest absolute Gasteiger partial charge is 0.123 e. The molecule has 3 heteroatoms. The second kappa shape index (κ2) is 6.44. The van der Waals surface area contributed by atoms with E-state index in [1.165, 1.54) is 12.1 Å². The van der Waals surface area contributed by atoms with Crippen LogP contribution in [-0.2, 0) is 6.61 Å². The number of halogens is 1. The SMILES string of the molecule is Cc1c(-c2ccc(F)cc2)[nH]c2ccc(OCc3ccccc3)cc12. The predicted octanol–water partition coefficient (Wildman–Crippen LogP) is 5.86. The fraction of sp³-hybridized carbons (Fsp3) is 0.0909. The molecule has 0 saturated heterocycles. The highest BCUT2D eigenvalue weighted by atomic mass is 19.1. The third kappa shape index (κ3) is 3.13.